The molecule has 108 valence electrons. The maximum absolute atomic E-state index is 11.8. The zero-order valence-electron chi connectivity index (χ0n) is 11.2. The van der Waals surface area contributed by atoms with E-state index in [1.807, 2.05) is 0 Å². The Balaban J connectivity index is 2.61. The molecule has 0 fully saturated rings. The predicted octanol–water partition coefficient (Wildman–Crippen LogP) is 1.65. The number of unbranched alkanes of at least 4 members (excludes halogenated alkanes) is 1. The van der Waals surface area contributed by atoms with E-state index >= 15 is 0 Å². The molecule has 1 rings (SSSR count). The van der Waals surface area contributed by atoms with Crippen LogP contribution in [0.2, 0.25) is 0 Å². The van der Waals surface area contributed by atoms with Crippen molar-refractivity contribution in [2.45, 2.75) is 31.4 Å². The van der Waals surface area contributed by atoms with E-state index in [-0.39, 0.29) is 0 Å². The van der Waals surface area contributed by atoms with Gasteiger partial charge in [-0.3, -0.25) is 4.79 Å². The molecule has 1 amide bonds. The molecule has 0 aromatic heterocycles. The summed E-state index contributed by atoms with van der Waals surface area (Å²) in [7, 11) is 0. The lowest BCUT2D eigenvalue weighted by atomic mass is 10.1. The van der Waals surface area contributed by atoms with E-state index in [1.54, 1.807) is 36.4 Å². The van der Waals surface area contributed by atoms with Crippen molar-refractivity contribution < 1.29 is 19.8 Å². The van der Waals surface area contributed by atoms with Gasteiger partial charge in [-0.1, -0.05) is 36.4 Å². The van der Waals surface area contributed by atoms with Crippen molar-refractivity contribution >= 4 is 11.9 Å². The fourth-order valence-corrected chi connectivity index (χ4v) is 1.76. The van der Waals surface area contributed by atoms with Gasteiger partial charge in [0.1, 0.15) is 6.04 Å². The molecule has 3 N–H and O–H groups in total. The Bertz CT molecular complexity index is 458. The van der Waals surface area contributed by atoms with Crippen LogP contribution in [0, 0.1) is 0 Å². The Hall–Kier alpha value is -2.14. The van der Waals surface area contributed by atoms with Crippen molar-refractivity contribution in [1.29, 1.82) is 0 Å². The van der Waals surface area contributed by atoms with Gasteiger partial charge in [-0.15, -0.1) is 6.58 Å². The average Bonchev–Trinajstić information content (AvgIpc) is 2.46. The van der Waals surface area contributed by atoms with Crippen LogP contribution in [-0.2, 0) is 9.59 Å². The minimum atomic E-state index is -1.36. The zero-order valence-corrected chi connectivity index (χ0v) is 11.2. The van der Waals surface area contributed by atoms with Crippen molar-refractivity contribution in [2.75, 3.05) is 0 Å². The van der Waals surface area contributed by atoms with Crippen LogP contribution < -0.4 is 5.32 Å². The zero-order chi connectivity index (χ0) is 15.0. The molecule has 0 spiro atoms. The molecule has 1 aromatic carbocycles. The standard InChI is InChI=1S/C15H19NO4/c1-2-3-5-10-12(15(19)20)16-14(18)13(17)11-8-6-4-7-9-11/h2,4,6-9,12-13,17H,1,3,5,10H2,(H,16,18)(H,19,20)/t12-,13-/m0/s1. The number of benzene rings is 1. The third-order valence-electron chi connectivity index (χ3n) is 2.88. The number of carbonyl (C=O) groups is 2. The van der Waals surface area contributed by atoms with E-state index in [4.69, 9.17) is 5.11 Å². The van der Waals surface area contributed by atoms with Crippen molar-refractivity contribution in [3.63, 3.8) is 0 Å². The lowest BCUT2D eigenvalue weighted by Gasteiger charge is -2.17. The van der Waals surface area contributed by atoms with Crippen molar-refractivity contribution in [2.24, 2.45) is 0 Å². The van der Waals surface area contributed by atoms with Crippen LogP contribution in [0.15, 0.2) is 43.0 Å². The number of aliphatic carboxylic acids is 1. The number of carbonyl (C=O) groups excluding carboxylic acids is 1. The van der Waals surface area contributed by atoms with Crippen LogP contribution in [0.3, 0.4) is 0 Å². The highest BCUT2D eigenvalue weighted by Crippen LogP contribution is 2.13. The molecule has 0 bridgehead atoms. The minimum Gasteiger partial charge on any atom is -0.480 e. The number of rotatable bonds is 8. The third kappa shape index (κ3) is 4.85. The van der Waals surface area contributed by atoms with Gasteiger partial charge in [-0.25, -0.2) is 4.79 Å². The molecule has 0 aliphatic carbocycles. The topological polar surface area (TPSA) is 86.6 Å². The molecule has 5 nitrogen and oxygen atoms in total. The van der Waals surface area contributed by atoms with Crippen LogP contribution >= 0.6 is 0 Å². The normalized spacial score (nSPS) is 13.2. The largest absolute Gasteiger partial charge is 0.480 e. The summed E-state index contributed by atoms with van der Waals surface area (Å²) in [6, 6.07) is 7.38. The minimum absolute atomic E-state index is 0.300. The van der Waals surface area contributed by atoms with Gasteiger partial charge in [-0.05, 0) is 24.8 Å². The number of aliphatic hydroxyl groups excluding tert-OH is 1. The molecule has 0 unspecified atom stereocenters. The van der Waals surface area contributed by atoms with Gasteiger partial charge >= 0.3 is 5.97 Å². The molecule has 0 radical (unpaired) electrons. The molecule has 2 atom stereocenters. The first-order chi connectivity index (χ1) is 9.56. The smallest absolute Gasteiger partial charge is 0.326 e. The second-order valence-electron chi connectivity index (χ2n) is 4.43. The molecule has 0 aliphatic rings. The molecular weight excluding hydrogens is 258 g/mol. The van der Waals surface area contributed by atoms with Gasteiger partial charge in [0.2, 0.25) is 0 Å². The highest BCUT2D eigenvalue weighted by molar-refractivity contribution is 5.86. The highest BCUT2D eigenvalue weighted by atomic mass is 16.4. The second kappa shape index (κ2) is 8.12. The summed E-state index contributed by atoms with van der Waals surface area (Å²) in [4.78, 5) is 22.9. The van der Waals surface area contributed by atoms with E-state index in [9.17, 15) is 14.7 Å². The maximum atomic E-state index is 11.8. The van der Waals surface area contributed by atoms with E-state index < -0.39 is 24.0 Å². The Morgan fingerprint density at radius 2 is 1.95 bits per heavy atom. The summed E-state index contributed by atoms with van der Waals surface area (Å²) in [5.74, 6) is -1.81. The summed E-state index contributed by atoms with van der Waals surface area (Å²) < 4.78 is 0. The van der Waals surface area contributed by atoms with Gasteiger partial charge in [0.05, 0.1) is 0 Å². The summed E-state index contributed by atoms with van der Waals surface area (Å²) in [6.45, 7) is 3.56. The summed E-state index contributed by atoms with van der Waals surface area (Å²) >= 11 is 0. The number of nitrogens with one attached hydrogen (secondary N) is 1. The van der Waals surface area contributed by atoms with Crippen LogP contribution in [0.4, 0.5) is 0 Å². The predicted molar refractivity (Wildman–Crippen MR) is 75.0 cm³/mol. The molecular formula is C15H19NO4. The Kier molecular flexibility index (Phi) is 6.46. The molecule has 20 heavy (non-hydrogen) atoms. The number of amides is 1. The third-order valence-corrected chi connectivity index (χ3v) is 2.88. The summed E-state index contributed by atoms with van der Waals surface area (Å²) in [6.07, 6.45) is 1.93. The van der Waals surface area contributed by atoms with Gasteiger partial charge in [0.25, 0.3) is 5.91 Å². The number of carboxylic acid groups (broad SMARTS) is 1. The van der Waals surface area contributed by atoms with Crippen LogP contribution in [-0.4, -0.2) is 28.1 Å². The quantitative estimate of drug-likeness (QED) is 0.498. The molecule has 0 saturated carbocycles. The van der Waals surface area contributed by atoms with E-state index in [0.29, 0.717) is 24.8 Å². The lowest BCUT2D eigenvalue weighted by Crippen LogP contribution is -2.43. The highest BCUT2D eigenvalue weighted by Gasteiger charge is 2.24. The lowest BCUT2D eigenvalue weighted by molar-refractivity contribution is -0.143. The van der Waals surface area contributed by atoms with Gasteiger partial charge in [0, 0.05) is 0 Å². The van der Waals surface area contributed by atoms with E-state index in [0.717, 1.165) is 0 Å². The number of carboxylic acids is 1. The number of allylic oxidation sites excluding steroid dienone is 1. The Labute approximate surface area is 117 Å². The molecule has 5 heteroatoms. The van der Waals surface area contributed by atoms with Crippen molar-refractivity contribution in [1.82, 2.24) is 5.32 Å². The summed E-state index contributed by atoms with van der Waals surface area (Å²) in [5.41, 5.74) is 0.431. The molecule has 1 aromatic rings. The van der Waals surface area contributed by atoms with Gasteiger partial charge < -0.3 is 15.5 Å². The first-order valence-electron chi connectivity index (χ1n) is 6.43. The Morgan fingerprint density at radius 1 is 1.30 bits per heavy atom. The second-order valence-corrected chi connectivity index (χ2v) is 4.43. The molecule has 0 aliphatic heterocycles. The first kappa shape index (κ1) is 15.9. The monoisotopic (exact) mass is 277 g/mol. The van der Waals surface area contributed by atoms with Crippen LogP contribution in [0.5, 0.6) is 0 Å². The SMILES string of the molecule is C=CCCC[C@H](NC(=O)[C@@H](O)c1ccccc1)C(=O)O. The Morgan fingerprint density at radius 3 is 2.50 bits per heavy atom. The van der Waals surface area contributed by atoms with Gasteiger partial charge in [0.15, 0.2) is 6.10 Å². The van der Waals surface area contributed by atoms with E-state index in [2.05, 4.69) is 11.9 Å². The molecule has 0 heterocycles. The van der Waals surface area contributed by atoms with Crippen LogP contribution in [0.25, 0.3) is 0 Å². The fourth-order valence-electron chi connectivity index (χ4n) is 1.76. The summed E-state index contributed by atoms with van der Waals surface area (Å²) in [5, 5.41) is 21.3. The van der Waals surface area contributed by atoms with Crippen molar-refractivity contribution in [3.8, 4) is 0 Å². The number of aliphatic hydroxyl groups is 1. The average molecular weight is 277 g/mol. The van der Waals surface area contributed by atoms with Crippen LogP contribution in [0.1, 0.15) is 30.9 Å². The maximum Gasteiger partial charge on any atom is 0.326 e. The van der Waals surface area contributed by atoms with Gasteiger partial charge in [-0.2, -0.15) is 0 Å². The van der Waals surface area contributed by atoms with Crippen molar-refractivity contribution in [3.05, 3.63) is 48.6 Å². The van der Waals surface area contributed by atoms with E-state index in [1.165, 1.54) is 0 Å². The first-order valence-corrected chi connectivity index (χ1v) is 6.43. The number of hydrogen-bond acceptors (Lipinski definition) is 3. The fraction of sp³-hybridized carbons (Fsp3) is 0.333. The number of hydrogen-bond donors (Lipinski definition) is 3. The molecule has 0 saturated heterocycles.